The summed E-state index contributed by atoms with van der Waals surface area (Å²) in [7, 11) is 0. The summed E-state index contributed by atoms with van der Waals surface area (Å²) in [5, 5.41) is 6.63. The first kappa shape index (κ1) is 18.4. The Morgan fingerprint density at radius 3 is 2.21 bits per heavy atom. The van der Waals surface area contributed by atoms with Gasteiger partial charge >= 0.3 is 0 Å². The smallest absolute Gasteiger partial charge is 0.171 e. The SMILES string of the molecule is CCC(C)c1ccc(C(CC)NC(=S)Nc2ccccc2F)cc1. The molecule has 0 aliphatic heterocycles. The van der Waals surface area contributed by atoms with Gasteiger partial charge in [0, 0.05) is 0 Å². The molecule has 2 rings (SSSR count). The Morgan fingerprint density at radius 1 is 1.00 bits per heavy atom. The van der Waals surface area contributed by atoms with Crippen LogP contribution in [0.5, 0.6) is 0 Å². The van der Waals surface area contributed by atoms with Crippen LogP contribution in [0, 0.1) is 5.82 Å². The van der Waals surface area contributed by atoms with E-state index in [2.05, 4.69) is 55.7 Å². The molecule has 24 heavy (non-hydrogen) atoms. The third kappa shape index (κ3) is 4.78. The molecule has 0 aromatic heterocycles. The second-order valence-corrected chi connectivity index (χ2v) is 6.42. The average Bonchev–Trinajstić information content (AvgIpc) is 2.61. The van der Waals surface area contributed by atoms with Crippen molar-refractivity contribution in [2.24, 2.45) is 0 Å². The van der Waals surface area contributed by atoms with Crippen LogP contribution in [0.3, 0.4) is 0 Å². The highest BCUT2D eigenvalue weighted by molar-refractivity contribution is 7.80. The van der Waals surface area contributed by atoms with E-state index in [0.717, 1.165) is 12.8 Å². The van der Waals surface area contributed by atoms with Crippen molar-refractivity contribution in [3.63, 3.8) is 0 Å². The summed E-state index contributed by atoms with van der Waals surface area (Å²) in [6, 6.07) is 15.3. The van der Waals surface area contributed by atoms with Gasteiger partial charge in [0.1, 0.15) is 5.82 Å². The van der Waals surface area contributed by atoms with E-state index in [4.69, 9.17) is 12.2 Å². The average molecular weight is 344 g/mol. The third-order valence-electron chi connectivity index (χ3n) is 4.36. The minimum absolute atomic E-state index is 0.0998. The van der Waals surface area contributed by atoms with Crippen molar-refractivity contribution in [2.45, 2.75) is 45.6 Å². The van der Waals surface area contributed by atoms with Gasteiger partial charge in [-0.25, -0.2) is 4.39 Å². The molecular formula is C20H25FN2S. The number of rotatable bonds is 6. The first-order valence-corrected chi connectivity index (χ1v) is 8.87. The van der Waals surface area contributed by atoms with Crippen LogP contribution in [-0.2, 0) is 0 Å². The molecule has 128 valence electrons. The van der Waals surface area contributed by atoms with E-state index in [1.54, 1.807) is 18.2 Å². The standard InChI is InChI=1S/C20H25FN2S/c1-4-14(3)15-10-12-16(13-11-15)18(5-2)22-20(24)23-19-9-7-6-8-17(19)21/h6-14,18H,4-5H2,1-3H3,(H2,22,23,24). The van der Waals surface area contributed by atoms with Gasteiger partial charge in [0.15, 0.2) is 5.11 Å². The zero-order valence-electron chi connectivity index (χ0n) is 14.5. The molecule has 2 unspecified atom stereocenters. The highest BCUT2D eigenvalue weighted by Crippen LogP contribution is 2.23. The van der Waals surface area contributed by atoms with Crippen molar-refractivity contribution in [3.05, 3.63) is 65.5 Å². The number of hydrogen-bond donors (Lipinski definition) is 2. The molecule has 0 saturated carbocycles. The predicted molar refractivity (Wildman–Crippen MR) is 104 cm³/mol. The molecule has 4 heteroatoms. The molecule has 0 bridgehead atoms. The lowest BCUT2D eigenvalue weighted by Crippen LogP contribution is -2.32. The number of thiocarbonyl (C=S) groups is 1. The molecule has 0 fully saturated rings. The van der Waals surface area contributed by atoms with Crippen LogP contribution in [0.4, 0.5) is 10.1 Å². The summed E-state index contributed by atoms with van der Waals surface area (Å²) in [4.78, 5) is 0. The van der Waals surface area contributed by atoms with Gasteiger partial charge in [0.2, 0.25) is 0 Å². The highest BCUT2D eigenvalue weighted by Gasteiger charge is 2.12. The molecule has 2 nitrogen and oxygen atoms in total. The minimum Gasteiger partial charge on any atom is -0.356 e. The number of para-hydroxylation sites is 1. The Balaban J connectivity index is 2.03. The van der Waals surface area contributed by atoms with E-state index in [1.807, 2.05) is 0 Å². The Hall–Kier alpha value is -1.94. The van der Waals surface area contributed by atoms with E-state index in [0.29, 0.717) is 16.7 Å². The maximum atomic E-state index is 13.7. The van der Waals surface area contributed by atoms with Crippen LogP contribution in [0.1, 0.15) is 56.7 Å². The second-order valence-electron chi connectivity index (χ2n) is 6.02. The van der Waals surface area contributed by atoms with E-state index >= 15 is 0 Å². The van der Waals surface area contributed by atoms with Gasteiger partial charge in [-0.1, -0.05) is 57.2 Å². The fourth-order valence-corrected chi connectivity index (χ4v) is 2.85. The van der Waals surface area contributed by atoms with Gasteiger partial charge in [0.25, 0.3) is 0 Å². The predicted octanol–water partition coefficient (Wildman–Crippen LogP) is 5.78. The normalized spacial score (nSPS) is 13.2. The van der Waals surface area contributed by atoms with Crippen molar-refractivity contribution < 1.29 is 4.39 Å². The molecule has 0 aliphatic rings. The molecule has 0 aliphatic carbocycles. The maximum absolute atomic E-state index is 13.7. The summed E-state index contributed by atoms with van der Waals surface area (Å²) in [6.07, 6.45) is 2.02. The van der Waals surface area contributed by atoms with Crippen LogP contribution in [0.25, 0.3) is 0 Å². The molecule has 2 atom stereocenters. The molecule has 0 heterocycles. The number of nitrogens with one attached hydrogen (secondary N) is 2. The Labute approximate surface area is 149 Å². The largest absolute Gasteiger partial charge is 0.356 e. The summed E-state index contributed by atoms with van der Waals surface area (Å²) >= 11 is 5.34. The fraction of sp³-hybridized carbons (Fsp3) is 0.350. The summed E-state index contributed by atoms with van der Waals surface area (Å²) in [5.74, 6) is 0.253. The third-order valence-corrected chi connectivity index (χ3v) is 4.58. The first-order chi connectivity index (χ1) is 11.5. The van der Waals surface area contributed by atoms with Crippen molar-refractivity contribution in [3.8, 4) is 0 Å². The van der Waals surface area contributed by atoms with Crippen LogP contribution >= 0.6 is 12.2 Å². The van der Waals surface area contributed by atoms with Crippen LogP contribution in [0.2, 0.25) is 0 Å². The number of benzene rings is 2. The summed E-state index contributed by atoms with van der Waals surface area (Å²) in [6.45, 7) is 6.53. The lowest BCUT2D eigenvalue weighted by atomic mass is 9.95. The van der Waals surface area contributed by atoms with E-state index in [9.17, 15) is 4.39 Å². The topological polar surface area (TPSA) is 24.1 Å². The number of anilines is 1. The maximum Gasteiger partial charge on any atom is 0.171 e. The van der Waals surface area contributed by atoms with E-state index < -0.39 is 0 Å². The quantitative estimate of drug-likeness (QED) is 0.650. The number of hydrogen-bond acceptors (Lipinski definition) is 1. The minimum atomic E-state index is -0.312. The molecule has 0 radical (unpaired) electrons. The van der Waals surface area contributed by atoms with Crippen molar-refractivity contribution >= 4 is 23.0 Å². The molecule has 2 aromatic rings. The van der Waals surface area contributed by atoms with Crippen LogP contribution < -0.4 is 10.6 Å². The van der Waals surface area contributed by atoms with Gasteiger partial charge in [-0.2, -0.15) is 0 Å². The summed E-state index contributed by atoms with van der Waals surface area (Å²) in [5.41, 5.74) is 2.92. The second kappa shape index (κ2) is 8.78. The molecular weight excluding hydrogens is 319 g/mol. The van der Waals surface area contributed by atoms with Gasteiger partial charge in [-0.15, -0.1) is 0 Å². The molecule has 2 aromatic carbocycles. The zero-order valence-corrected chi connectivity index (χ0v) is 15.3. The van der Waals surface area contributed by atoms with Gasteiger partial charge in [-0.3, -0.25) is 0 Å². The van der Waals surface area contributed by atoms with Gasteiger partial charge in [-0.05, 0) is 54.2 Å². The first-order valence-electron chi connectivity index (χ1n) is 8.47. The monoisotopic (exact) mass is 344 g/mol. The lowest BCUT2D eigenvalue weighted by Gasteiger charge is -2.21. The Morgan fingerprint density at radius 2 is 1.62 bits per heavy atom. The number of halogens is 1. The highest BCUT2D eigenvalue weighted by atomic mass is 32.1. The van der Waals surface area contributed by atoms with Gasteiger partial charge in [0.05, 0.1) is 11.7 Å². The molecule has 0 amide bonds. The zero-order chi connectivity index (χ0) is 17.5. The van der Waals surface area contributed by atoms with E-state index in [-0.39, 0.29) is 11.9 Å². The molecule has 0 spiro atoms. The fourth-order valence-electron chi connectivity index (χ4n) is 2.59. The van der Waals surface area contributed by atoms with Crippen molar-refractivity contribution in [1.29, 1.82) is 0 Å². The van der Waals surface area contributed by atoms with Crippen molar-refractivity contribution in [1.82, 2.24) is 5.32 Å². The van der Waals surface area contributed by atoms with E-state index in [1.165, 1.54) is 17.2 Å². The Bertz CT molecular complexity index is 670. The van der Waals surface area contributed by atoms with Crippen LogP contribution in [0.15, 0.2) is 48.5 Å². The molecule has 0 saturated heterocycles. The summed E-state index contributed by atoms with van der Waals surface area (Å²) < 4.78 is 13.7. The van der Waals surface area contributed by atoms with Crippen molar-refractivity contribution in [2.75, 3.05) is 5.32 Å². The Kier molecular flexibility index (Phi) is 6.73. The lowest BCUT2D eigenvalue weighted by molar-refractivity contribution is 0.623. The van der Waals surface area contributed by atoms with Gasteiger partial charge < -0.3 is 10.6 Å². The van der Waals surface area contributed by atoms with Crippen LogP contribution in [-0.4, -0.2) is 5.11 Å². The molecule has 2 N–H and O–H groups in total.